The van der Waals surface area contributed by atoms with Crippen LogP contribution < -0.4 is 4.74 Å². The fourth-order valence-electron chi connectivity index (χ4n) is 3.75. The Morgan fingerprint density at radius 1 is 1.21 bits per heavy atom. The average molecular weight is 329 g/mol. The molecule has 0 aromatic heterocycles. The number of carbonyl (C=O) groups is 1. The van der Waals surface area contributed by atoms with Crippen LogP contribution in [0.25, 0.3) is 0 Å². The third-order valence-electron chi connectivity index (χ3n) is 5.02. The number of hydrogen-bond donors (Lipinski definition) is 0. The van der Waals surface area contributed by atoms with Crippen LogP contribution in [0.2, 0.25) is 0 Å². The Morgan fingerprint density at radius 3 is 2.83 bits per heavy atom. The molecule has 0 unspecified atom stereocenters. The van der Waals surface area contributed by atoms with Gasteiger partial charge in [-0.1, -0.05) is 23.8 Å². The van der Waals surface area contributed by atoms with Crippen LogP contribution in [0.3, 0.4) is 0 Å². The zero-order valence-corrected chi connectivity index (χ0v) is 14.7. The zero-order valence-electron chi connectivity index (χ0n) is 14.7. The van der Waals surface area contributed by atoms with Crippen LogP contribution in [0.15, 0.2) is 35.9 Å². The van der Waals surface area contributed by atoms with E-state index in [2.05, 4.69) is 13.0 Å². The van der Waals surface area contributed by atoms with Crippen molar-refractivity contribution in [3.05, 3.63) is 41.5 Å². The van der Waals surface area contributed by atoms with Gasteiger partial charge in [0.2, 0.25) is 0 Å². The van der Waals surface area contributed by atoms with Crippen molar-refractivity contribution in [1.82, 2.24) is 4.90 Å². The number of hydrogen-bond acceptors (Lipinski definition) is 3. The van der Waals surface area contributed by atoms with Gasteiger partial charge in [0.25, 0.3) is 5.91 Å². The summed E-state index contributed by atoms with van der Waals surface area (Å²) in [5.41, 5.74) is 2.13. The highest BCUT2D eigenvalue weighted by molar-refractivity contribution is 5.97. The summed E-state index contributed by atoms with van der Waals surface area (Å²) in [5.74, 6) is 1.98. The summed E-state index contributed by atoms with van der Waals surface area (Å²) in [6, 6.07) is 7.54. The lowest BCUT2D eigenvalue weighted by Crippen LogP contribution is -2.29. The number of likely N-dealkylation sites (tertiary alicyclic amines) is 1. The van der Waals surface area contributed by atoms with E-state index in [1.165, 1.54) is 5.57 Å². The molecule has 1 aromatic carbocycles. The molecule has 0 N–H and O–H groups in total. The molecule has 1 saturated heterocycles. The van der Waals surface area contributed by atoms with E-state index in [0.717, 1.165) is 25.9 Å². The fraction of sp³-hybridized carbons (Fsp3) is 0.550. The van der Waals surface area contributed by atoms with E-state index in [9.17, 15) is 4.79 Å². The molecule has 1 heterocycles. The van der Waals surface area contributed by atoms with Crippen LogP contribution in [-0.2, 0) is 4.74 Å². The maximum absolute atomic E-state index is 13.0. The Labute approximate surface area is 144 Å². The number of nitrogens with zero attached hydrogens (tertiary/aromatic N) is 1. The second-order valence-corrected chi connectivity index (χ2v) is 6.76. The molecule has 1 fully saturated rings. The molecule has 1 amide bonds. The van der Waals surface area contributed by atoms with Crippen molar-refractivity contribution in [3.63, 3.8) is 0 Å². The lowest BCUT2D eigenvalue weighted by Gasteiger charge is -2.21. The number of para-hydroxylation sites is 1. The van der Waals surface area contributed by atoms with Crippen molar-refractivity contribution < 1.29 is 14.3 Å². The second kappa shape index (κ2) is 7.84. The van der Waals surface area contributed by atoms with Crippen LogP contribution in [-0.4, -0.2) is 43.7 Å². The topological polar surface area (TPSA) is 38.8 Å². The van der Waals surface area contributed by atoms with Crippen LogP contribution in [0.5, 0.6) is 5.75 Å². The molecule has 0 saturated carbocycles. The largest absolute Gasteiger partial charge is 0.490 e. The van der Waals surface area contributed by atoms with Crippen molar-refractivity contribution in [2.75, 3.05) is 32.9 Å². The highest BCUT2D eigenvalue weighted by Crippen LogP contribution is 2.36. The second-order valence-electron chi connectivity index (χ2n) is 6.76. The van der Waals surface area contributed by atoms with Gasteiger partial charge in [-0.25, -0.2) is 0 Å². The third kappa shape index (κ3) is 3.81. The summed E-state index contributed by atoms with van der Waals surface area (Å²) in [5, 5.41) is 0. The Kier molecular flexibility index (Phi) is 5.56. The van der Waals surface area contributed by atoms with E-state index < -0.39 is 0 Å². The molecule has 1 aliphatic heterocycles. The van der Waals surface area contributed by atoms with E-state index in [-0.39, 0.29) is 5.91 Å². The van der Waals surface area contributed by atoms with Gasteiger partial charge in [0.05, 0.1) is 12.2 Å². The number of allylic oxidation sites excluding steroid dienone is 2. The number of ether oxygens (including phenoxy) is 2. The summed E-state index contributed by atoms with van der Waals surface area (Å²) >= 11 is 0. The molecule has 2 atom stereocenters. The van der Waals surface area contributed by atoms with Gasteiger partial charge in [0, 0.05) is 19.7 Å². The summed E-state index contributed by atoms with van der Waals surface area (Å²) in [7, 11) is 0. The Hall–Kier alpha value is -1.81. The molecule has 0 bridgehead atoms. The van der Waals surface area contributed by atoms with E-state index in [4.69, 9.17) is 9.47 Å². The van der Waals surface area contributed by atoms with Crippen molar-refractivity contribution in [2.24, 2.45) is 11.8 Å². The number of amides is 1. The van der Waals surface area contributed by atoms with Gasteiger partial charge in [-0.3, -0.25) is 4.79 Å². The molecule has 2 aliphatic rings. The van der Waals surface area contributed by atoms with Crippen molar-refractivity contribution in [1.29, 1.82) is 0 Å². The average Bonchev–Trinajstić information content (AvgIpc) is 3.01. The van der Waals surface area contributed by atoms with Crippen LogP contribution in [0, 0.1) is 11.8 Å². The Morgan fingerprint density at radius 2 is 2.00 bits per heavy atom. The lowest BCUT2D eigenvalue weighted by atomic mass is 9.83. The summed E-state index contributed by atoms with van der Waals surface area (Å²) < 4.78 is 11.1. The van der Waals surface area contributed by atoms with Gasteiger partial charge in [0.15, 0.2) is 0 Å². The molecule has 4 heteroatoms. The molecule has 3 rings (SSSR count). The molecule has 24 heavy (non-hydrogen) atoms. The minimum atomic E-state index is 0.0917. The first kappa shape index (κ1) is 17.0. The van der Waals surface area contributed by atoms with E-state index in [1.54, 1.807) is 0 Å². The van der Waals surface area contributed by atoms with Crippen LogP contribution in [0.4, 0.5) is 0 Å². The smallest absolute Gasteiger partial charge is 0.257 e. The minimum Gasteiger partial charge on any atom is -0.490 e. The molecule has 1 aliphatic carbocycles. The normalized spacial score (nSPS) is 22.9. The van der Waals surface area contributed by atoms with Crippen molar-refractivity contribution >= 4 is 5.91 Å². The third-order valence-corrected chi connectivity index (χ3v) is 5.02. The molecule has 0 spiro atoms. The quantitative estimate of drug-likeness (QED) is 0.592. The van der Waals surface area contributed by atoms with Crippen molar-refractivity contribution in [3.8, 4) is 5.75 Å². The van der Waals surface area contributed by atoms with Gasteiger partial charge in [-0.15, -0.1) is 0 Å². The first-order valence-electron chi connectivity index (χ1n) is 8.93. The number of benzene rings is 1. The number of fused-ring (bicyclic) bond motifs is 1. The maximum Gasteiger partial charge on any atom is 0.257 e. The van der Waals surface area contributed by atoms with E-state index >= 15 is 0 Å². The summed E-state index contributed by atoms with van der Waals surface area (Å²) in [6.45, 7) is 7.56. The van der Waals surface area contributed by atoms with Gasteiger partial charge in [-0.2, -0.15) is 0 Å². The van der Waals surface area contributed by atoms with Gasteiger partial charge < -0.3 is 14.4 Å². The molecule has 0 radical (unpaired) electrons. The first-order chi connectivity index (χ1) is 11.7. The number of carbonyl (C=O) groups excluding carboxylic acids is 1. The highest BCUT2D eigenvalue weighted by atomic mass is 16.5. The van der Waals surface area contributed by atoms with Gasteiger partial charge >= 0.3 is 0 Å². The molecule has 1 aromatic rings. The number of rotatable bonds is 6. The van der Waals surface area contributed by atoms with E-state index in [0.29, 0.717) is 43.0 Å². The predicted octanol–water partition coefficient (Wildman–Crippen LogP) is 3.53. The van der Waals surface area contributed by atoms with Crippen LogP contribution >= 0.6 is 0 Å². The Bertz CT molecular complexity index is 611. The molecular formula is C20H27NO3. The SMILES string of the molecule is CCOCCOc1ccccc1C(=O)N1C[C@H]2CC=C(C)C[C@H]2C1. The predicted molar refractivity (Wildman–Crippen MR) is 94.3 cm³/mol. The lowest BCUT2D eigenvalue weighted by molar-refractivity contribution is 0.0773. The molecule has 4 nitrogen and oxygen atoms in total. The standard InChI is InChI=1S/C20H27NO3/c1-3-23-10-11-24-19-7-5-4-6-18(19)20(22)21-13-16-9-8-15(2)12-17(16)14-21/h4-8,16-17H,3,9-14H2,1-2H3/t16-,17+/m1/s1. The van der Waals surface area contributed by atoms with Crippen LogP contribution in [0.1, 0.15) is 37.0 Å². The maximum atomic E-state index is 13.0. The van der Waals surface area contributed by atoms with E-state index in [1.807, 2.05) is 36.1 Å². The summed E-state index contributed by atoms with van der Waals surface area (Å²) in [4.78, 5) is 15.0. The van der Waals surface area contributed by atoms with Gasteiger partial charge in [0.1, 0.15) is 12.4 Å². The zero-order chi connectivity index (χ0) is 16.9. The molecular weight excluding hydrogens is 302 g/mol. The Balaban J connectivity index is 1.65. The monoisotopic (exact) mass is 329 g/mol. The summed E-state index contributed by atoms with van der Waals surface area (Å²) in [6.07, 6.45) is 4.56. The van der Waals surface area contributed by atoms with Crippen molar-refractivity contribution in [2.45, 2.75) is 26.7 Å². The first-order valence-corrected chi connectivity index (χ1v) is 8.93. The molecule has 130 valence electrons. The van der Waals surface area contributed by atoms with Gasteiger partial charge in [-0.05, 0) is 50.7 Å². The minimum absolute atomic E-state index is 0.0917. The fourth-order valence-corrected chi connectivity index (χ4v) is 3.75. The highest BCUT2D eigenvalue weighted by Gasteiger charge is 2.37.